The summed E-state index contributed by atoms with van der Waals surface area (Å²) in [5.74, 6) is 2.76. The molecular weight excluding hydrogens is 236 g/mol. The molecule has 1 aliphatic heterocycles. The van der Waals surface area contributed by atoms with Crippen LogP contribution in [-0.2, 0) is 6.42 Å². The lowest BCUT2D eigenvalue weighted by atomic mass is 10.1. The van der Waals surface area contributed by atoms with E-state index in [-0.39, 0.29) is 5.91 Å². The summed E-state index contributed by atoms with van der Waals surface area (Å²) in [6, 6.07) is 0. The van der Waals surface area contributed by atoms with E-state index in [1.54, 1.807) is 0 Å². The topological polar surface area (TPSA) is 83.8 Å². The van der Waals surface area contributed by atoms with Crippen molar-refractivity contribution in [1.29, 1.82) is 0 Å². The molecule has 1 aromatic heterocycles. The van der Waals surface area contributed by atoms with E-state index in [4.69, 9.17) is 5.73 Å². The first-order chi connectivity index (χ1) is 8.22. The number of carbonyl (C=O) groups excluding carboxylic acids is 1. The Bertz CT molecular complexity index is 398. The van der Waals surface area contributed by atoms with E-state index in [1.165, 1.54) is 12.2 Å². The molecule has 2 rings (SSSR count). The van der Waals surface area contributed by atoms with Crippen LogP contribution in [0.15, 0.2) is 0 Å². The molecule has 17 heavy (non-hydrogen) atoms. The van der Waals surface area contributed by atoms with Gasteiger partial charge < -0.3 is 11.1 Å². The largest absolute Gasteiger partial charge is 0.395 e. The molecule has 0 bridgehead atoms. The maximum absolute atomic E-state index is 11.9. The maximum atomic E-state index is 11.9. The van der Waals surface area contributed by atoms with Crippen LogP contribution in [0.4, 0.5) is 5.69 Å². The van der Waals surface area contributed by atoms with Gasteiger partial charge in [-0.25, -0.2) is 0 Å². The van der Waals surface area contributed by atoms with Gasteiger partial charge in [-0.2, -0.15) is 16.9 Å². The first kappa shape index (κ1) is 12.3. The molecule has 1 unspecified atom stereocenters. The Morgan fingerprint density at radius 1 is 1.71 bits per heavy atom. The number of H-pyrrole nitrogens is 1. The van der Waals surface area contributed by atoms with Gasteiger partial charge in [0.15, 0.2) is 5.69 Å². The number of hydrogen-bond acceptors (Lipinski definition) is 4. The molecule has 1 saturated heterocycles. The highest BCUT2D eigenvalue weighted by Gasteiger charge is 2.19. The van der Waals surface area contributed by atoms with E-state index in [2.05, 4.69) is 15.5 Å². The Balaban J connectivity index is 1.92. The Morgan fingerprint density at radius 2 is 2.53 bits per heavy atom. The average molecular weight is 254 g/mol. The predicted molar refractivity (Wildman–Crippen MR) is 70.1 cm³/mol. The number of aromatic nitrogens is 2. The van der Waals surface area contributed by atoms with Gasteiger partial charge in [0.25, 0.3) is 5.91 Å². The molecule has 0 saturated carbocycles. The van der Waals surface area contributed by atoms with E-state index >= 15 is 0 Å². The summed E-state index contributed by atoms with van der Waals surface area (Å²) in [5, 5.41) is 9.66. The summed E-state index contributed by atoms with van der Waals surface area (Å²) in [5.41, 5.74) is 7.47. The van der Waals surface area contributed by atoms with Gasteiger partial charge in [-0.05, 0) is 30.3 Å². The number of amides is 1. The summed E-state index contributed by atoms with van der Waals surface area (Å²) < 4.78 is 0. The number of nitrogens with one attached hydrogen (secondary N) is 2. The molecule has 4 N–H and O–H groups in total. The van der Waals surface area contributed by atoms with E-state index in [0.29, 0.717) is 17.3 Å². The lowest BCUT2D eigenvalue weighted by molar-refractivity contribution is 0.0944. The van der Waals surface area contributed by atoms with Crippen LogP contribution in [-0.4, -0.2) is 34.2 Å². The second-order valence-electron chi connectivity index (χ2n) is 4.26. The third-order valence-corrected chi connectivity index (χ3v) is 4.26. The van der Waals surface area contributed by atoms with Gasteiger partial charge >= 0.3 is 0 Å². The Hall–Kier alpha value is -1.17. The number of rotatable bonds is 4. The summed E-state index contributed by atoms with van der Waals surface area (Å²) in [6.07, 6.45) is 1.94. The minimum absolute atomic E-state index is 0.171. The van der Waals surface area contributed by atoms with Crippen molar-refractivity contribution in [3.05, 3.63) is 11.4 Å². The molecule has 2 heterocycles. The van der Waals surface area contributed by atoms with Crippen LogP contribution in [0.1, 0.15) is 29.5 Å². The van der Waals surface area contributed by atoms with Gasteiger partial charge in [-0.15, -0.1) is 0 Å². The molecular formula is C11H18N4OS. The quantitative estimate of drug-likeness (QED) is 0.749. The molecule has 1 aliphatic rings. The second-order valence-corrected chi connectivity index (χ2v) is 5.41. The normalized spacial score (nSPS) is 19.5. The molecule has 0 radical (unpaired) electrons. The number of thioether (sulfide) groups is 1. The molecule has 1 fully saturated rings. The number of nitrogens with zero attached hydrogens (tertiary/aromatic N) is 1. The van der Waals surface area contributed by atoms with Crippen molar-refractivity contribution >= 4 is 23.4 Å². The van der Waals surface area contributed by atoms with Crippen molar-refractivity contribution < 1.29 is 4.79 Å². The summed E-state index contributed by atoms with van der Waals surface area (Å²) in [7, 11) is 0. The van der Waals surface area contributed by atoms with Gasteiger partial charge in [-0.3, -0.25) is 9.89 Å². The zero-order valence-electron chi connectivity index (χ0n) is 9.95. The number of nitrogen functional groups attached to an aromatic ring is 1. The van der Waals surface area contributed by atoms with Crippen LogP contribution >= 0.6 is 11.8 Å². The van der Waals surface area contributed by atoms with Crippen LogP contribution in [0, 0.1) is 5.92 Å². The fourth-order valence-corrected chi connectivity index (χ4v) is 3.18. The fraction of sp³-hybridized carbons (Fsp3) is 0.636. The van der Waals surface area contributed by atoms with Crippen molar-refractivity contribution in [3.8, 4) is 0 Å². The third-order valence-electron chi connectivity index (χ3n) is 3.03. The summed E-state index contributed by atoms with van der Waals surface area (Å²) in [4.78, 5) is 11.9. The number of aryl methyl sites for hydroxylation is 1. The smallest absolute Gasteiger partial charge is 0.273 e. The molecule has 0 aliphatic carbocycles. The zero-order chi connectivity index (χ0) is 12.3. The van der Waals surface area contributed by atoms with Crippen molar-refractivity contribution in [3.63, 3.8) is 0 Å². The van der Waals surface area contributed by atoms with Gasteiger partial charge in [0.2, 0.25) is 0 Å². The fourth-order valence-electron chi connectivity index (χ4n) is 1.89. The zero-order valence-corrected chi connectivity index (χ0v) is 10.8. The number of hydrogen-bond donors (Lipinski definition) is 3. The van der Waals surface area contributed by atoms with Crippen molar-refractivity contribution in [2.75, 3.05) is 23.8 Å². The predicted octanol–water partition coefficient (Wildman–Crippen LogP) is 1.04. The molecule has 1 atom stereocenters. The molecule has 6 heteroatoms. The van der Waals surface area contributed by atoms with Gasteiger partial charge in [0.1, 0.15) is 0 Å². The highest BCUT2D eigenvalue weighted by atomic mass is 32.2. The lowest BCUT2D eigenvalue weighted by Gasteiger charge is -2.08. The molecule has 1 amide bonds. The van der Waals surface area contributed by atoms with Crippen LogP contribution < -0.4 is 11.1 Å². The SMILES string of the molecule is CCc1[nH]nc(C(=O)NCC2CCSC2)c1N. The van der Waals surface area contributed by atoms with Crippen LogP contribution in [0.3, 0.4) is 0 Å². The first-order valence-electron chi connectivity index (χ1n) is 5.91. The molecule has 0 spiro atoms. The van der Waals surface area contributed by atoms with Crippen molar-refractivity contribution in [1.82, 2.24) is 15.5 Å². The van der Waals surface area contributed by atoms with E-state index in [1.807, 2.05) is 18.7 Å². The van der Waals surface area contributed by atoms with Crippen molar-refractivity contribution in [2.24, 2.45) is 5.92 Å². The minimum atomic E-state index is -0.171. The Labute approximate surface area is 105 Å². The maximum Gasteiger partial charge on any atom is 0.273 e. The average Bonchev–Trinajstić information content (AvgIpc) is 2.95. The first-order valence-corrected chi connectivity index (χ1v) is 7.06. The summed E-state index contributed by atoms with van der Waals surface area (Å²) in [6.45, 7) is 2.70. The molecule has 94 valence electrons. The van der Waals surface area contributed by atoms with Crippen LogP contribution in [0.25, 0.3) is 0 Å². The minimum Gasteiger partial charge on any atom is -0.395 e. The van der Waals surface area contributed by atoms with Gasteiger partial charge in [0, 0.05) is 6.54 Å². The van der Waals surface area contributed by atoms with Crippen LogP contribution in [0.5, 0.6) is 0 Å². The number of aromatic amines is 1. The number of anilines is 1. The van der Waals surface area contributed by atoms with Gasteiger partial charge in [-0.1, -0.05) is 6.92 Å². The molecule has 5 nitrogen and oxygen atoms in total. The number of carbonyl (C=O) groups is 1. The van der Waals surface area contributed by atoms with Crippen molar-refractivity contribution in [2.45, 2.75) is 19.8 Å². The van der Waals surface area contributed by atoms with E-state index in [9.17, 15) is 4.79 Å². The lowest BCUT2D eigenvalue weighted by Crippen LogP contribution is -2.30. The molecule has 1 aromatic rings. The van der Waals surface area contributed by atoms with Crippen LogP contribution in [0.2, 0.25) is 0 Å². The molecule has 0 aromatic carbocycles. The summed E-state index contributed by atoms with van der Waals surface area (Å²) >= 11 is 1.94. The van der Waals surface area contributed by atoms with E-state index in [0.717, 1.165) is 24.4 Å². The third kappa shape index (κ3) is 2.74. The standard InChI is InChI=1S/C11H18N4OS/c1-2-8-9(12)10(15-14-8)11(16)13-5-7-3-4-17-6-7/h7H,2-6,12H2,1H3,(H,13,16)(H,14,15). The second kappa shape index (κ2) is 5.44. The number of nitrogens with two attached hydrogens (primary N) is 1. The monoisotopic (exact) mass is 254 g/mol. The van der Waals surface area contributed by atoms with Gasteiger partial charge in [0.05, 0.1) is 11.4 Å². The Morgan fingerprint density at radius 3 is 3.12 bits per heavy atom. The highest BCUT2D eigenvalue weighted by Crippen LogP contribution is 2.22. The Kier molecular flexibility index (Phi) is 3.93. The van der Waals surface area contributed by atoms with E-state index < -0.39 is 0 Å². The highest BCUT2D eigenvalue weighted by molar-refractivity contribution is 7.99.